The Bertz CT molecular complexity index is 301. The van der Waals surface area contributed by atoms with Gasteiger partial charge in [0, 0.05) is 0 Å². The number of ether oxygens (including phenoxy) is 1. The Morgan fingerprint density at radius 2 is 1.76 bits per heavy atom. The molecule has 3 N–H and O–H groups in total. The van der Waals surface area contributed by atoms with Gasteiger partial charge in [0.15, 0.2) is 6.61 Å². The molecule has 0 aliphatic heterocycles. The molecule has 0 radical (unpaired) electrons. The Balaban J connectivity index is 4.42. The van der Waals surface area contributed by atoms with Crippen LogP contribution in [0.5, 0.6) is 0 Å². The van der Waals surface area contributed by atoms with Crippen molar-refractivity contribution < 1.29 is 37.4 Å². The van der Waals surface area contributed by atoms with Crippen LogP contribution in [0.2, 0.25) is 0 Å². The van der Waals surface area contributed by atoms with E-state index in [2.05, 4.69) is 10.5 Å². The van der Waals surface area contributed by atoms with Gasteiger partial charge >= 0.3 is 18.2 Å². The molecule has 0 aromatic heterocycles. The Morgan fingerprint density at radius 1 is 1.24 bits per heavy atom. The maximum absolute atomic E-state index is 11.7. The van der Waals surface area contributed by atoms with Crippen LogP contribution >= 0.6 is 0 Å². The van der Waals surface area contributed by atoms with Gasteiger partial charge in [0.25, 0.3) is 0 Å². The minimum absolute atomic E-state index is 0.246. The summed E-state index contributed by atoms with van der Waals surface area (Å²) in [6.45, 7) is -3.71. The number of nitrogens with two attached hydrogens (primary N) is 1. The van der Waals surface area contributed by atoms with E-state index in [1.54, 1.807) is 0 Å². The van der Waals surface area contributed by atoms with Crippen LogP contribution in [0.1, 0.15) is 0 Å². The number of carbonyl (C=O) groups excluding carboxylic acids is 2. The van der Waals surface area contributed by atoms with Gasteiger partial charge in [-0.3, -0.25) is 14.5 Å². The molecule has 0 unspecified atom stereocenters. The highest BCUT2D eigenvalue weighted by Crippen LogP contribution is 2.15. The van der Waals surface area contributed by atoms with E-state index in [1.807, 2.05) is 0 Å². The maximum Gasteiger partial charge on any atom is 0.422 e. The number of amides is 2. The maximum atomic E-state index is 11.7. The zero-order valence-corrected chi connectivity index (χ0v) is 8.36. The number of hydrogen-bond donors (Lipinski definition) is 2. The summed E-state index contributed by atoms with van der Waals surface area (Å²) in [4.78, 5) is 32.0. The standard InChI is InChI=1S/C7H9F3N2O5/c8-7(9,10)3-17-6(16)12(1-4(11)13)2-5(14)15/h1-3H2,(H2,11,13)(H,14,15). The normalized spacial score (nSPS) is 10.8. The quantitative estimate of drug-likeness (QED) is 0.694. The molecule has 17 heavy (non-hydrogen) atoms. The third-order valence-corrected chi connectivity index (χ3v) is 1.29. The second kappa shape index (κ2) is 5.92. The summed E-state index contributed by atoms with van der Waals surface area (Å²) in [5.41, 5.74) is 4.69. The van der Waals surface area contributed by atoms with Crippen LogP contribution in [0.3, 0.4) is 0 Å². The molecule has 0 fully saturated rings. The number of aliphatic carboxylic acids is 1. The van der Waals surface area contributed by atoms with Crippen molar-refractivity contribution in [1.29, 1.82) is 0 Å². The molecule has 7 nitrogen and oxygen atoms in total. The number of carboxylic acid groups (broad SMARTS) is 1. The van der Waals surface area contributed by atoms with Gasteiger partial charge in [-0.1, -0.05) is 0 Å². The summed E-state index contributed by atoms with van der Waals surface area (Å²) >= 11 is 0. The summed E-state index contributed by atoms with van der Waals surface area (Å²) in [6.07, 6.45) is -6.32. The van der Waals surface area contributed by atoms with Crippen LogP contribution in [0.15, 0.2) is 0 Å². The second-order valence-electron chi connectivity index (χ2n) is 2.89. The van der Waals surface area contributed by atoms with Crippen molar-refractivity contribution in [2.24, 2.45) is 5.73 Å². The molecule has 0 aromatic carbocycles. The third kappa shape index (κ3) is 7.88. The van der Waals surface area contributed by atoms with Crippen LogP contribution in [-0.2, 0) is 14.3 Å². The van der Waals surface area contributed by atoms with Crippen molar-refractivity contribution >= 4 is 18.0 Å². The number of rotatable bonds is 5. The molecule has 0 saturated heterocycles. The van der Waals surface area contributed by atoms with E-state index in [4.69, 9.17) is 5.11 Å². The van der Waals surface area contributed by atoms with Crippen molar-refractivity contribution in [3.05, 3.63) is 0 Å². The highest BCUT2D eigenvalue weighted by molar-refractivity contribution is 5.83. The first-order valence-electron chi connectivity index (χ1n) is 4.10. The van der Waals surface area contributed by atoms with Gasteiger partial charge < -0.3 is 15.6 Å². The van der Waals surface area contributed by atoms with Gasteiger partial charge in [0.05, 0.1) is 0 Å². The molecule has 0 atom stereocenters. The molecular weight excluding hydrogens is 249 g/mol. The van der Waals surface area contributed by atoms with Gasteiger partial charge in [0.1, 0.15) is 13.1 Å². The monoisotopic (exact) mass is 258 g/mol. The first kappa shape index (κ1) is 15.0. The molecule has 0 aromatic rings. The van der Waals surface area contributed by atoms with E-state index in [0.29, 0.717) is 0 Å². The third-order valence-electron chi connectivity index (χ3n) is 1.29. The second-order valence-corrected chi connectivity index (χ2v) is 2.89. The average Bonchev–Trinajstić information content (AvgIpc) is 2.10. The molecule has 2 amide bonds. The predicted octanol–water partition coefficient (Wildman–Crippen LogP) is -0.443. The molecule has 0 saturated carbocycles. The summed E-state index contributed by atoms with van der Waals surface area (Å²) in [6, 6.07) is 0. The number of carboxylic acids is 1. The molecule has 98 valence electrons. The number of alkyl halides is 3. The van der Waals surface area contributed by atoms with Gasteiger partial charge in [-0.05, 0) is 0 Å². The molecule has 0 aliphatic carbocycles. The summed E-state index contributed by atoms with van der Waals surface area (Å²) in [7, 11) is 0. The first-order valence-corrected chi connectivity index (χ1v) is 4.10. The Kier molecular flexibility index (Phi) is 5.22. The number of carbonyl (C=O) groups is 3. The van der Waals surface area contributed by atoms with Crippen molar-refractivity contribution in [3.63, 3.8) is 0 Å². The molecule has 0 bridgehead atoms. The molecule has 0 aliphatic rings. The highest BCUT2D eigenvalue weighted by Gasteiger charge is 2.31. The average molecular weight is 258 g/mol. The largest absolute Gasteiger partial charge is 0.480 e. The Hall–Kier alpha value is -2.00. The van der Waals surface area contributed by atoms with Crippen molar-refractivity contribution in [1.82, 2.24) is 4.90 Å². The smallest absolute Gasteiger partial charge is 0.422 e. The van der Waals surface area contributed by atoms with E-state index in [1.165, 1.54) is 0 Å². The molecular formula is C7H9F3N2O5. The Morgan fingerprint density at radius 3 is 2.12 bits per heavy atom. The minimum atomic E-state index is -4.74. The lowest BCUT2D eigenvalue weighted by molar-refractivity contribution is -0.162. The highest BCUT2D eigenvalue weighted by atomic mass is 19.4. The summed E-state index contributed by atoms with van der Waals surface area (Å²) < 4.78 is 38.9. The Labute approximate surface area is 92.9 Å². The van der Waals surface area contributed by atoms with E-state index < -0.39 is 43.8 Å². The van der Waals surface area contributed by atoms with Gasteiger partial charge in [-0.25, -0.2) is 4.79 Å². The molecule has 0 spiro atoms. The number of nitrogens with zero attached hydrogens (tertiary/aromatic N) is 1. The lowest BCUT2D eigenvalue weighted by Crippen LogP contribution is -2.42. The van der Waals surface area contributed by atoms with Crippen LogP contribution in [-0.4, -0.2) is 53.8 Å². The predicted molar refractivity (Wildman–Crippen MR) is 45.8 cm³/mol. The number of halogens is 3. The van der Waals surface area contributed by atoms with Crippen molar-refractivity contribution in [2.45, 2.75) is 6.18 Å². The lowest BCUT2D eigenvalue weighted by atomic mass is 10.5. The summed E-state index contributed by atoms with van der Waals surface area (Å²) in [5.74, 6) is -2.59. The van der Waals surface area contributed by atoms with Gasteiger partial charge in [-0.2, -0.15) is 13.2 Å². The minimum Gasteiger partial charge on any atom is -0.480 e. The lowest BCUT2D eigenvalue weighted by Gasteiger charge is -2.18. The first-order chi connectivity index (χ1) is 7.61. The molecule has 10 heteroatoms. The number of primary amides is 1. The van der Waals surface area contributed by atoms with Crippen LogP contribution < -0.4 is 5.73 Å². The van der Waals surface area contributed by atoms with Gasteiger partial charge in [-0.15, -0.1) is 0 Å². The van der Waals surface area contributed by atoms with E-state index >= 15 is 0 Å². The fraction of sp³-hybridized carbons (Fsp3) is 0.571. The summed E-state index contributed by atoms with van der Waals surface area (Å²) in [5, 5.41) is 8.35. The van der Waals surface area contributed by atoms with Crippen molar-refractivity contribution in [2.75, 3.05) is 19.7 Å². The fourth-order valence-corrected chi connectivity index (χ4v) is 0.771. The van der Waals surface area contributed by atoms with E-state index in [0.717, 1.165) is 0 Å². The zero-order chi connectivity index (χ0) is 13.6. The SMILES string of the molecule is NC(=O)CN(CC(=O)O)C(=O)OCC(F)(F)F. The number of hydrogen-bond acceptors (Lipinski definition) is 4. The van der Waals surface area contributed by atoms with Crippen LogP contribution in [0.25, 0.3) is 0 Å². The van der Waals surface area contributed by atoms with Crippen LogP contribution in [0.4, 0.5) is 18.0 Å². The van der Waals surface area contributed by atoms with E-state index in [-0.39, 0.29) is 4.90 Å². The van der Waals surface area contributed by atoms with Gasteiger partial charge in [0.2, 0.25) is 5.91 Å². The topological polar surface area (TPSA) is 110 Å². The molecule has 0 rings (SSSR count). The zero-order valence-electron chi connectivity index (χ0n) is 8.36. The van der Waals surface area contributed by atoms with Crippen molar-refractivity contribution in [3.8, 4) is 0 Å². The van der Waals surface area contributed by atoms with E-state index in [9.17, 15) is 27.6 Å². The van der Waals surface area contributed by atoms with Crippen LogP contribution in [0, 0.1) is 0 Å². The fourth-order valence-electron chi connectivity index (χ4n) is 0.771. The molecule has 0 heterocycles.